The van der Waals surface area contributed by atoms with Crippen molar-refractivity contribution in [3.8, 4) is 6.07 Å². The number of halogens is 3. The average Bonchev–Trinajstić information content (AvgIpc) is 3.38. The van der Waals surface area contributed by atoms with Gasteiger partial charge in [-0.1, -0.05) is 0 Å². The summed E-state index contributed by atoms with van der Waals surface area (Å²) >= 11 is 0. The molecule has 0 bridgehead atoms. The summed E-state index contributed by atoms with van der Waals surface area (Å²) < 4.78 is 77.9. The summed E-state index contributed by atoms with van der Waals surface area (Å²) in [6.45, 7) is -0.321. The van der Waals surface area contributed by atoms with Crippen LogP contribution in [0, 0.1) is 11.3 Å². The minimum absolute atomic E-state index is 0.0446. The number of hydrogen-bond donors (Lipinski definition) is 2. The minimum atomic E-state index is -4.99. The molecule has 1 aromatic carbocycles. The van der Waals surface area contributed by atoms with E-state index in [9.17, 15) is 31.2 Å². The van der Waals surface area contributed by atoms with Gasteiger partial charge < -0.3 is 19.7 Å². The molecule has 2 heterocycles. The maximum Gasteiger partial charge on any atom is 0.417 e. The molecular weight excluding hydrogens is 481 g/mol. The molecular formula is C20H21F3N4O6S. The molecule has 1 saturated carbocycles. The second-order valence-electron chi connectivity index (χ2n) is 8.30. The van der Waals surface area contributed by atoms with Crippen LogP contribution in [0.15, 0.2) is 23.1 Å². The van der Waals surface area contributed by atoms with E-state index in [0.717, 1.165) is 17.0 Å². The molecule has 1 aromatic rings. The van der Waals surface area contributed by atoms with E-state index >= 15 is 0 Å². The van der Waals surface area contributed by atoms with Gasteiger partial charge in [0.2, 0.25) is 0 Å². The first-order chi connectivity index (χ1) is 15.9. The Morgan fingerprint density at radius 2 is 2.09 bits per heavy atom. The molecule has 2 atom stereocenters. The number of anilines is 1. The van der Waals surface area contributed by atoms with Gasteiger partial charge in [-0.3, -0.25) is 10.1 Å². The van der Waals surface area contributed by atoms with Crippen molar-refractivity contribution >= 4 is 27.5 Å². The van der Waals surface area contributed by atoms with E-state index in [0.29, 0.717) is 18.9 Å². The monoisotopic (exact) mass is 502 g/mol. The molecule has 34 heavy (non-hydrogen) atoms. The fourth-order valence-electron chi connectivity index (χ4n) is 3.86. The predicted octanol–water partition coefficient (Wildman–Crippen LogP) is 1.31. The molecule has 10 nitrogen and oxygen atoms in total. The van der Waals surface area contributed by atoms with Gasteiger partial charge in [0.1, 0.15) is 12.1 Å². The highest BCUT2D eigenvalue weighted by molar-refractivity contribution is 7.92. The zero-order valence-corrected chi connectivity index (χ0v) is 18.5. The lowest BCUT2D eigenvalue weighted by Crippen LogP contribution is -2.41. The summed E-state index contributed by atoms with van der Waals surface area (Å²) in [7, 11) is -4.48. The topological polar surface area (TPSA) is 138 Å². The number of carbonyl (C=O) groups is 2. The van der Waals surface area contributed by atoms with E-state index in [1.165, 1.54) is 0 Å². The molecule has 2 saturated heterocycles. The first-order valence-electron chi connectivity index (χ1n) is 10.4. The smallest absolute Gasteiger partial charge is 0.417 e. The summed E-state index contributed by atoms with van der Waals surface area (Å²) in [6.07, 6.45) is -6.28. The molecule has 3 fully saturated rings. The standard InChI is InChI=1S/C20H21F3N4O6S/c21-20(22,23)14-7-12(27-5-6-32-10-17(27)28)1-2-15(14)34(30,31)13-8-16(25-9-13)33-18(29)26-19(11-24)3-4-19/h1-2,7,13,16,25H,3-6,8-10H2,(H,26,29)/t13-,16+/m1/s1. The first kappa shape index (κ1) is 24.2. The number of nitrogens with one attached hydrogen (secondary N) is 2. The molecule has 0 spiro atoms. The number of carbonyl (C=O) groups excluding carboxylic acids is 2. The number of alkyl carbamates (subject to hydrolysis) is 1. The maximum absolute atomic E-state index is 13.8. The van der Waals surface area contributed by atoms with Gasteiger partial charge in [0.25, 0.3) is 5.91 Å². The Hall–Kier alpha value is -2.89. The Bertz CT molecular complexity index is 1150. The number of morpholine rings is 1. The molecule has 2 aliphatic heterocycles. The van der Waals surface area contributed by atoms with Gasteiger partial charge in [-0.15, -0.1) is 0 Å². The van der Waals surface area contributed by atoms with Gasteiger partial charge in [-0.25, -0.2) is 13.2 Å². The number of rotatable bonds is 5. The summed E-state index contributed by atoms with van der Waals surface area (Å²) in [4.78, 5) is 24.2. The molecule has 1 aliphatic carbocycles. The number of ether oxygens (including phenoxy) is 2. The van der Waals surface area contributed by atoms with Gasteiger partial charge in [-0.05, 0) is 31.0 Å². The highest BCUT2D eigenvalue weighted by Gasteiger charge is 2.47. The lowest BCUT2D eigenvalue weighted by molar-refractivity contribution is -0.140. The fraction of sp³-hybridized carbons (Fsp3) is 0.550. The number of benzene rings is 1. The Balaban J connectivity index is 1.53. The first-order valence-corrected chi connectivity index (χ1v) is 12.0. The van der Waals surface area contributed by atoms with Gasteiger partial charge in [0, 0.05) is 25.2 Å². The second kappa shape index (κ2) is 8.71. The lowest BCUT2D eigenvalue weighted by Gasteiger charge is -2.28. The van der Waals surface area contributed by atoms with E-state index in [2.05, 4.69) is 10.6 Å². The summed E-state index contributed by atoms with van der Waals surface area (Å²) in [5.74, 6) is -0.530. The molecule has 3 aliphatic rings. The molecule has 2 N–H and O–H groups in total. The number of hydrogen-bond acceptors (Lipinski definition) is 8. The predicted molar refractivity (Wildman–Crippen MR) is 109 cm³/mol. The average molecular weight is 502 g/mol. The molecule has 14 heteroatoms. The highest BCUT2D eigenvalue weighted by Crippen LogP contribution is 2.39. The Labute approximate surface area is 192 Å². The number of nitriles is 1. The summed E-state index contributed by atoms with van der Waals surface area (Å²) in [5.41, 5.74) is -2.43. The van der Waals surface area contributed by atoms with Crippen molar-refractivity contribution in [3.05, 3.63) is 23.8 Å². The van der Waals surface area contributed by atoms with Crippen molar-refractivity contribution in [2.24, 2.45) is 0 Å². The Morgan fingerprint density at radius 1 is 1.35 bits per heavy atom. The minimum Gasteiger partial charge on any atom is -0.430 e. The molecule has 184 valence electrons. The van der Waals surface area contributed by atoms with Crippen LogP contribution in [0.4, 0.5) is 23.7 Å². The molecule has 0 unspecified atom stereocenters. The van der Waals surface area contributed by atoms with Gasteiger partial charge >= 0.3 is 12.3 Å². The van der Waals surface area contributed by atoms with Crippen LogP contribution in [-0.4, -0.2) is 63.7 Å². The highest BCUT2D eigenvalue weighted by atomic mass is 32.2. The third-order valence-electron chi connectivity index (χ3n) is 5.92. The fourth-order valence-corrected chi connectivity index (χ4v) is 5.71. The van der Waals surface area contributed by atoms with Crippen LogP contribution in [0.3, 0.4) is 0 Å². The largest absolute Gasteiger partial charge is 0.430 e. The van der Waals surface area contributed by atoms with E-state index in [1.807, 2.05) is 6.07 Å². The lowest BCUT2D eigenvalue weighted by atomic mass is 10.1. The van der Waals surface area contributed by atoms with Crippen molar-refractivity contribution < 1.29 is 40.7 Å². The third kappa shape index (κ3) is 4.82. The molecule has 0 aromatic heterocycles. The maximum atomic E-state index is 13.8. The van der Waals surface area contributed by atoms with Crippen molar-refractivity contribution in [1.29, 1.82) is 5.26 Å². The zero-order valence-electron chi connectivity index (χ0n) is 17.7. The van der Waals surface area contributed by atoms with Crippen LogP contribution in [-0.2, 0) is 30.3 Å². The number of nitrogens with zero attached hydrogens (tertiary/aromatic N) is 2. The number of alkyl halides is 3. The van der Waals surface area contributed by atoms with E-state index < -0.39 is 55.5 Å². The van der Waals surface area contributed by atoms with Crippen molar-refractivity contribution in [3.63, 3.8) is 0 Å². The van der Waals surface area contributed by atoms with Crippen LogP contribution in [0.25, 0.3) is 0 Å². The molecule has 2 amide bonds. The number of amides is 2. The van der Waals surface area contributed by atoms with Crippen LogP contribution in [0.2, 0.25) is 0 Å². The Kier molecular flexibility index (Phi) is 6.21. The number of sulfone groups is 1. The summed E-state index contributed by atoms with van der Waals surface area (Å²) in [6, 6.07) is 4.60. The van der Waals surface area contributed by atoms with Crippen molar-refractivity contribution in [1.82, 2.24) is 10.6 Å². The molecule has 0 radical (unpaired) electrons. The van der Waals surface area contributed by atoms with E-state index in [4.69, 9.17) is 14.7 Å². The van der Waals surface area contributed by atoms with Crippen molar-refractivity contribution in [2.45, 2.75) is 47.4 Å². The van der Waals surface area contributed by atoms with Crippen LogP contribution in [0.1, 0.15) is 24.8 Å². The second-order valence-corrected chi connectivity index (χ2v) is 10.5. The van der Waals surface area contributed by atoms with E-state index in [-0.39, 0.29) is 38.4 Å². The molecule has 4 rings (SSSR count). The van der Waals surface area contributed by atoms with Crippen LogP contribution < -0.4 is 15.5 Å². The van der Waals surface area contributed by atoms with Crippen LogP contribution >= 0.6 is 0 Å². The van der Waals surface area contributed by atoms with Gasteiger partial charge in [0.15, 0.2) is 16.1 Å². The SMILES string of the molecule is N#CC1(NC(=O)O[C@H]2C[C@@H](S(=O)(=O)c3ccc(N4CCOCC4=O)cc3C(F)(F)F)CN2)CC1. The van der Waals surface area contributed by atoms with Gasteiger partial charge in [-0.2, -0.15) is 18.4 Å². The quantitative estimate of drug-likeness (QED) is 0.615. The van der Waals surface area contributed by atoms with E-state index in [1.54, 1.807) is 0 Å². The van der Waals surface area contributed by atoms with Crippen molar-refractivity contribution in [2.75, 3.05) is 31.2 Å². The normalized spacial score (nSPS) is 24.4. The third-order valence-corrected chi connectivity index (χ3v) is 8.12. The van der Waals surface area contributed by atoms with Gasteiger partial charge in [0.05, 0.1) is 28.4 Å². The summed E-state index contributed by atoms with van der Waals surface area (Å²) in [5, 5.41) is 12.8. The zero-order chi connectivity index (χ0) is 24.7. The Morgan fingerprint density at radius 3 is 2.71 bits per heavy atom. The van der Waals surface area contributed by atoms with Crippen LogP contribution in [0.5, 0.6) is 0 Å².